The fourth-order valence-electron chi connectivity index (χ4n) is 1.96. The van der Waals surface area contributed by atoms with Crippen molar-refractivity contribution in [1.82, 2.24) is 9.62 Å². The van der Waals surface area contributed by atoms with E-state index in [0.717, 1.165) is 17.1 Å². The molecule has 0 aromatic heterocycles. The normalized spacial score (nSPS) is 11.8. The van der Waals surface area contributed by atoms with Crippen molar-refractivity contribution in [3.8, 4) is 0 Å². The van der Waals surface area contributed by atoms with E-state index in [1.807, 2.05) is 13.8 Å². The van der Waals surface area contributed by atoms with Crippen molar-refractivity contribution in [2.24, 2.45) is 0 Å². The summed E-state index contributed by atoms with van der Waals surface area (Å²) >= 11 is 0. The van der Waals surface area contributed by atoms with Crippen LogP contribution in [0.15, 0.2) is 24.3 Å². The molecule has 0 atom stereocenters. The van der Waals surface area contributed by atoms with Crippen LogP contribution in [0, 0.1) is 0 Å². The number of benzene rings is 1. The van der Waals surface area contributed by atoms with Gasteiger partial charge in [-0.25, -0.2) is 0 Å². The predicted octanol–water partition coefficient (Wildman–Crippen LogP) is 1.85. The number of nitrogens with one attached hydrogen (secondary N) is 1. The molecule has 0 aliphatic rings. The maximum Gasteiger partial charge on any atom is 0.303 e. The molecule has 0 saturated carbocycles. The van der Waals surface area contributed by atoms with Gasteiger partial charge >= 0.3 is 10.2 Å². The summed E-state index contributed by atoms with van der Waals surface area (Å²) in [6.45, 7) is 4.05. The summed E-state index contributed by atoms with van der Waals surface area (Å²) < 4.78 is 26.4. The third-order valence-corrected chi connectivity index (χ3v) is 5.45. The first-order chi connectivity index (χ1) is 10.2. The number of rotatable bonds is 7. The molecule has 6 nitrogen and oxygen atoms in total. The average molecular weight is 327 g/mol. The third kappa shape index (κ3) is 4.20. The van der Waals surface area contributed by atoms with Crippen molar-refractivity contribution in [2.45, 2.75) is 32.7 Å². The van der Waals surface area contributed by atoms with Gasteiger partial charge in [0.1, 0.15) is 0 Å². The van der Waals surface area contributed by atoms with Crippen LogP contribution >= 0.6 is 0 Å². The summed E-state index contributed by atoms with van der Waals surface area (Å²) in [6, 6.07) is 6.68. The molecule has 0 fully saturated rings. The topological polar surface area (TPSA) is 69.7 Å². The minimum atomic E-state index is -3.52. The van der Waals surface area contributed by atoms with Gasteiger partial charge < -0.3 is 5.32 Å². The second kappa shape index (κ2) is 7.60. The van der Waals surface area contributed by atoms with Crippen molar-refractivity contribution >= 4 is 21.8 Å². The number of hydrogen-bond acceptors (Lipinski definition) is 3. The van der Waals surface area contributed by atoms with Crippen molar-refractivity contribution in [3.63, 3.8) is 0 Å². The molecule has 0 aliphatic carbocycles. The van der Waals surface area contributed by atoms with E-state index in [-0.39, 0.29) is 11.9 Å². The summed E-state index contributed by atoms with van der Waals surface area (Å²) in [5.74, 6) is -0.140. The highest BCUT2D eigenvalue weighted by Gasteiger charge is 2.21. The van der Waals surface area contributed by atoms with Crippen molar-refractivity contribution < 1.29 is 13.2 Å². The zero-order chi connectivity index (χ0) is 16.9. The molecular weight excluding hydrogens is 302 g/mol. The number of anilines is 1. The van der Waals surface area contributed by atoms with Gasteiger partial charge in [-0.3, -0.25) is 9.10 Å². The highest BCUT2D eigenvalue weighted by molar-refractivity contribution is 7.90. The van der Waals surface area contributed by atoms with E-state index in [1.165, 1.54) is 25.4 Å². The van der Waals surface area contributed by atoms with Crippen molar-refractivity contribution in [2.75, 3.05) is 25.4 Å². The number of carbonyl (C=O) groups excluding carboxylic acids is 1. The Balaban J connectivity index is 2.89. The first-order valence-corrected chi connectivity index (χ1v) is 8.71. The van der Waals surface area contributed by atoms with Crippen LogP contribution in [0.5, 0.6) is 0 Å². The summed E-state index contributed by atoms with van der Waals surface area (Å²) in [6.07, 6.45) is 1.76. The highest BCUT2D eigenvalue weighted by atomic mass is 32.2. The van der Waals surface area contributed by atoms with Gasteiger partial charge in [0, 0.05) is 32.7 Å². The summed E-state index contributed by atoms with van der Waals surface area (Å²) in [4.78, 5) is 12.1. The molecule has 1 N–H and O–H groups in total. The maximum absolute atomic E-state index is 12.1. The van der Waals surface area contributed by atoms with E-state index in [9.17, 15) is 13.2 Å². The lowest BCUT2D eigenvalue weighted by Crippen LogP contribution is -2.37. The summed E-state index contributed by atoms with van der Waals surface area (Å²) in [5, 5.41) is 2.95. The molecule has 1 rings (SSSR count). The van der Waals surface area contributed by atoms with Gasteiger partial charge in [-0.2, -0.15) is 12.7 Å². The van der Waals surface area contributed by atoms with Crippen molar-refractivity contribution in [3.05, 3.63) is 29.8 Å². The zero-order valence-corrected chi connectivity index (χ0v) is 14.6. The van der Waals surface area contributed by atoms with Gasteiger partial charge in [-0.1, -0.05) is 13.8 Å². The maximum atomic E-state index is 12.1. The highest BCUT2D eigenvalue weighted by Crippen LogP contribution is 2.18. The Morgan fingerprint density at radius 1 is 1.09 bits per heavy atom. The first kappa shape index (κ1) is 18.4. The van der Waals surface area contributed by atoms with E-state index in [4.69, 9.17) is 0 Å². The van der Waals surface area contributed by atoms with E-state index in [1.54, 1.807) is 24.3 Å². The van der Waals surface area contributed by atoms with Crippen LogP contribution < -0.4 is 9.62 Å². The van der Waals surface area contributed by atoms with Gasteiger partial charge in [0.05, 0.1) is 5.69 Å². The van der Waals surface area contributed by atoms with Gasteiger partial charge in [0.25, 0.3) is 5.91 Å². The molecule has 0 radical (unpaired) electrons. The number of amides is 1. The smallest absolute Gasteiger partial charge is 0.303 e. The van der Waals surface area contributed by atoms with Crippen LogP contribution in [-0.2, 0) is 10.2 Å². The van der Waals surface area contributed by atoms with Crippen LogP contribution in [0.1, 0.15) is 37.0 Å². The lowest BCUT2D eigenvalue weighted by Gasteiger charge is -2.23. The Morgan fingerprint density at radius 2 is 1.59 bits per heavy atom. The SMILES string of the molecule is CCC(CC)NC(=O)c1ccc(N(C)S(=O)(=O)N(C)C)cc1. The molecule has 7 heteroatoms. The van der Waals surface area contributed by atoms with Crippen LogP contribution in [0.4, 0.5) is 5.69 Å². The molecule has 124 valence electrons. The summed E-state index contributed by atoms with van der Waals surface area (Å²) in [5.41, 5.74) is 1.03. The van der Waals surface area contributed by atoms with Gasteiger partial charge in [-0.05, 0) is 37.1 Å². The molecule has 1 aromatic carbocycles. The second-order valence-electron chi connectivity index (χ2n) is 5.29. The lowest BCUT2D eigenvalue weighted by molar-refractivity contribution is 0.0935. The Labute approximate surface area is 133 Å². The lowest BCUT2D eigenvalue weighted by atomic mass is 10.1. The number of carbonyl (C=O) groups is 1. The molecule has 22 heavy (non-hydrogen) atoms. The molecule has 1 amide bonds. The second-order valence-corrected chi connectivity index (χ2v) is 7.47. The van der Waals surface area contributed by atoms with Crippen LogP contribution in [0.25, 0.3) is 0 Å². The Kier molecular flexibility index (Phi) is 6.37. The van der Waals surface area contributed by atoms with Crippen LogP contribution in [-0.4, -0.2) is 45.8 Å². The molecule has 0 bridgehead atoms. The molecule has 0 spiro atoms. The Hall–Kier alpha value is -1.60. The minimum absolute atomic E-state index is 0.140. The molecule has 0 aliphatic heterocycles. The Morgan fingerprint density at radius 3 is 2.00 bits per heavy atom. The molecule has 0 saturated heterocycles. The fraction of sp³-hybridized carbons (Fsp3) is 0.533. The fourth-order valence-corrected chi connectivity index (χ4v) is 2.84. The largest absolute Gasteiger partial charge is 0.349 e. The molecule has 0 heterocycles. The zero-order valence-electron chi connectivity index (χ0n) is 13.8. The number of nitrogens with zero attached hydrogens (tertiary/aromatic N) is 2. The van der Waals surface area contributed by atoms with E-state index >= 15 is 0 Å². The van der Waals surface area contributed by atoms with E-state index < -0.39 is 10.2 Å². The minimum Gasteiger partial charge on any atom is -0.349 e. The van der Waals surface area contributed by atoms with Crippen molar-refractivity contribution in [1.29, 1.82) is 0 Å². The van der Waals surface area contributed by atoms with E-state index in [0.29, 0.717) is 11.3 Å². The first-order valence-electron chi connectivity index (χ1n) is 7.31. The van der Waals surface area contributed by atoms with Crippen LogP contribution in [0.3, 0.4) is 0 Å². The third-order valence-electron chi connectivity index (χ3n) is 3.62. The molecule has 1 aromatic rings. The molecule has 0 unspecified atom stereocenters. The monoisotopic (exact) mass is 327 g/mol. The summed E-state index contributed by atoms with van der Waals surface area (Å²) in [7, 11) is 0.908. The van der Waals surface area contributed by atoms with Gasteiger partial charge in [0.2, 0.25) is 0 Å². The van der Waals surface area contributed by atoms with Gasteiger partial charge in [0.15, 0.2) is 0 Å². The number of hydrogen-bond donors (Lipinski definition) is 1. The molecular formula is C15H25N3O3S. The average Bonchev–Trinajstić information content (AvgIpc) is 2.51. The standard InChI is InChI=1S/C15H25N3O3S/c1-6-13(7-2)16-15(19)12-8-10-14(11-9-12)18(5)22(20,21)17(3)4/h8-11,13H,6-7H2,1-5H3,(H,16,19). The van der Waals surface area contributed by atoms with E-state index in [2.05, 4.69) is 5.32 Å². The van der Waals surface area contributed by atoms with Gasteiger partial charge in [-0.15, -0.1) is 0 Å². The van der Waals surface area contributed by atoms with Crippen LogP contribution in [0.2, 0.25) is 0 Å². The predicted molar refractivity (Wildman–Crippen MR) is 89.3 cm³/mol. The quantitative estimate of drug-likeness (QED) is 0.831. The Bertz CT molecular complexity index is 593.